The van der Waals surface area contributed by atoms with E-state index < -0.39 is 0 Å². The lowest BCUT2D eigenvalue weighted by molar-refractivity contribution is -0.651. The molecule has 0 amide bonds. The van der Waals surface area contributed by atoms with Crippen molar-refractivity contribution in [2.45, 2.75) is 34.2 Å². The number of hydrogen-bond acceptors (Lipinski definition) is 5. The summed E-state index contributed by atoms with van der Waals surface area (Å²) in [6.45, 7) is 12.0. The van der Waals surface area contributed by atoms with Gasteiger partial charge in [-0.3, -0.25) is 0 Å². The Kier molecular flexibility index (Phi) is 6.40. The van der Waals surface area contributed by atoms with Crippen molar-refractivity contribution < 1.29 is 9.30 Å². The number of azo groups is 1. The zero-order valence-electron chi connectivity index (χ0n) is 16.5. The summed E-state index contributed by atoms with van der Waals surface area (Å²) in [6, 6.07) is 14.4. The van der Waals surface area contributed by atoms with E-state index in [1.54, 1.807) is 11.3 Å². The largest absolute Gasteiger partial charge is 0.494 e. The van der Waals surface area contributed by atoms with Crippen LogP contribution < -0.4 is 14.2 Å². The number of aromatic nitrogens is 1. The van der Waals surface area contributed by atoms with E-state index in [1.165, 1.54) is 5.69 Å². The van der Waals surface area contributed by atoms with Gasteiger partial charge >= 0.3 is 5.13 Å². The van der Waals surface area contributed by atoms with Gasteiger partial charge < -0.3 is 9.64 Å². The number of fused-ring (bicyclic) bond motifs is 1. The highest BCUT2D eigenvalue weighted by Gasteiger charge is 2.18. The molecule has 6 heteroatoms. The minimum absolute atomic E-state index is 0.667. The standard InChI is InChI=1S/C21H27N4OS/c1-5-24(6-2)17-11-9-16(10-12-17)22-23-21-25(7-3)19-14-13-18(26-8-4)15-20(19)27-21/h9-15H,5-8H2,1-4H3/q+1. The minimum Gasteiger partial charge on any atom is -0.494 e. The molecule has 0 aliphatic carbocycles. The topological polar surface area (TPSA) is 41.1 Å². The van der Waals surface area contributed by atoms with Crippen molar-refractivity contribution in [2.75, 3.05) is 24.6 Å². The van der Waals surface area contributed by atoms with Crippen LogP contribution in [0.3, 0.4) is 0 Å². The highest BCUT2D eigenvalue weighted by molar-refractivity contribution is 7.21. The van der Waals surface area contributed by atoms with Crippen LogP contribution in [0.25, 0.3) is 10.2 Å². The van der Waals surface area contributed by atoms with Gasteiger partial charge in [0.1, 0.15) is 17.0 Å². The van der Waals surface area contributed by atoms with Gasteiger partial charge in [-0.1, -0.05) is 0 Å². The second kappa shape index (κ2) is 8.95. The summed E-state index contributed by atoms with van der Waals surface area (Å²) in [5, 5.41) is 9.88. The maximum absolute atomic E-state index is 5.61. The number of benzene rings is 2. The van der Waals surface area contributed by atoms with Gasteiger partial charge in [-0.05, 0) is 80.5 Å². The van der Waals surface area contributed by atoms with Crippen LogP contribution in [-0.2, 0) is 6.54 Å². The first-order chi connectivity index (χ1) is 13.2. The Labute approximate surface area is 164 Å². The van der Waals surface area contributed by atoms with Gasteiger partial charge in [-0.25, -0.2) is 4.57 Å². The summed E-state index contributed by atoms with van der Waals surface area (Å²) in [4.78, 5) is 2.31. The van der Waals surface area contributed by atoms with E-state index in [4.69, 9.17) is 4.74 Å². The molecule has 1 heterocycles. The molecule has 5 nitrogen and oxygen atoms in total. The van der Waals surface area contributed by atoms with Crippen molar-refractivity contribution in [2.24, 2.45) is 10.2 Å². The van der Waals surface area contributed by atoms with Crippen LogP contribution >= 0.6 is 11.3 Å². The van der Waals surface area contributed by atoms with Crippen molar-refractivity contribution >= 4 is 38.1 Å². The van der Waals surface area contributed by atoms with E-state index in [0.29, 0.717) is 6.61 Å². The van der Waals surface area contributed by atoms with E-state index in [2.05, 4.69) is 64.7 Å². The zero-order valence-corrected chi connectivity index (χ0v) is 17.3. The molecule has 0 N–H and O–H groups in total. The number of ether oxygens (including phenoxy) is 1. The number of rotatable bonds is 8. The molecule has 0 radical (unpaired) electrons. The number of anilines is 1. The predicted octanol–water partition coefficient (Wildman–Crippen LogP) is 5.87. The average Bonchev–Trinajstić information content (AvgIpc) is 3.05. The molecular weight excluding hydrogens is 356 g/mol. The fraction of sp³-hybridized carbons (Fsp3) is 0.381. The molecule has 0 unspecified atom stereocenters. The third-order valence-electron chi connectivity index (χ3n) is 4.51. The van der Waals surface area contributed by atoms with E-state index in [0.717, 1.165) is 46.4 Å². The van der Waals surface area contributed by atoms with E-state index >= 15 is 0 Å². The molecule has 0 spiro atoms. The predicted molar refractivity (Wildman–Crippen MR) is 113 cm³/mol. The molecule has 27 heavy (non-hydrogen) atoms. The Balaban J connectivity index is 1.86. The third-order valence-corrected chi connectivity index (χ3v) is 5.54. The summed E-state index contributed by atoms with van der Waals surface area (Å²) < 4.78 is 8.96. The first kappa shape index (κ1) is 19.3. The maximum Gasteiger partial charge on any atom is 0.409 e. The quantitative estimate of drug-likeness (QED) is 0.360. The van der Waals surface area contributed by atoms with Gasteiger partial charge in [0.2, 0.25) is 0 Å². The third kappa shape index (κ3) is 4.27. The van der Waals surface area contributed by atoms with Crippen molar-refractivity contribution in [3.05, 3.63) is 42.5 Å². The molecular formula is C21H27N4OS+. The molecule has 1 aromatic heterocycles. The summed E-state index contributed by atoms with van der Waals surface area (Å²) in [5.41, 5.74) is 3.24. The molecule has 0 atom stereocenters. The first-order valence-corrected chi connectivity index (χ1v) is 10.4. The Morgan fingerprint density at radius 2 is 1.70 bits per heavy atom. The van der Waals surface area contributed by atoms with Crippen LogP contribution in [0.1, 0.15) is 27.7 Å². The number of aryl methyl sites for hydroxylation is 1. The lowest BCUT2D eigenvalue weighted by atomic mass is 10.2. The SMILES string of the molecule is CCOc1ccc2c(c1)sc(N=Nc1ccc(N(CC)CC)cc1)[n+]2CC. The van der Waals surface area contributed by atoms with Gasteiger partial charge in [0, 0.05) is 24.8 Å². The molecule has 142 valence electrons. The van der Waals surface area contributed by atoms with Gasteiger partial charge in [0.25, 0.3) is 0 Å². The van der Waals surface area contributed by atoms with Gasteiger partial charge in [-0.15, -0.1) is 0 Å². The summed E-state index contributed by atoms with van der Waals surface area (Å²) in [5.74, 6) is 0.894. The fourth-order valence-corrected chi connectivity index (χ4v) is 4.19. The molecule has 3 aromatic rings. The van der Waals surface area contributed by atoms with E-state index in [-0.39, 0.29) is 0 Å². The maximum atomic E-state index is 5.61. The molecule has 0 saturated heterocycles. The normalized spacial score (nSPS) is 11.4. The summed E-state index contributed by atoms with van der Waals surface area (Å²) in [7, 11) is 0. The monoisotopic (exact) mass is 383 g/mol. The smallest absolute Gasteiger partial charge is 0.409 e. The summed E-state index contributed by atoms with van der Waals surface area (Å²) >= 11 is 1.64. The first-order valence-electron chi connectivity index (χ1n) is 9.56. The zero-order chi connectivity index (χ0) is 19.2. The Morgan fingerprint density at radius 3 is 2.33 bits per heavy atom. The molecule has 2 aromatic carbocycles. The van der Waals surface area contributed by atoms with Crippen LogP contribution in [0.15, 0.2) is 52.7 Å². The van der Waals surface area contributed by atoms with E-state index in [1.807, 2.05) is 25.1 Å². The van der Waals surface area contributed by atoms with Crippen molar-refractivity contribution in [3.63, 3.8) is 0 Å². The average molecular weight is 384 g/mol. The molecule has 0 fully saturated rings. The number of nitrogens with zero attached hydrogens (tertiary/aromatic N) is 4. The Hall–Kier alpha value is -2.47. The lowest BCUT2D eigenvalue weighted by Gasteiger charge is -2.20. The van der Waals surface area contributed by atoms with Crippen LogP contribution in [0, 0.1) is 0 Å². The van der Waals surface area contributed by atoms with Crippen molar-refractivity contribution in [3.8, 4) is 5.75 Å². The molecule has 3 rings (SSSR count). The van der Waals surface area contributed by atoms with Gasteiger partial charge in [0.05, 0.1) is 23.0 Å². The second-order valence-electron chi connectivity index (χ2n) is 6.08. The molecule has 0 saturated carbocycles. The van der Waals surface area contributed by atoms with E-state index in [9.17, 15) is 0 Å². The Morgan fingerprint density at radius 1 is 0.963 bits per heavy atom. The summed E-state index contributed by atoms with van der Waals surface area (Å²) in [6.07, 6.45) is 0. The van der Waals surface area contributed by atoms with Gasteiger partial charge in [-0.2, -0.15) is 0 Å². The second-order valence-corrected chi connectivity index (χ2v) is 7.09. The van der Waals surface area contributed by atoms with Crippen molar-refractivity contribution in [1.29, 1.82) is 0 Å². The van der Waals surface area contributed by atoms with Gasteiger partial charge in [0.15, 0.2) is 0 Å². The molecule has 0 aliphatic rings. The Bertz CT molecular complexity index is 914. The minimum atomic E-state index is 0.667. The van der Waals surface area contributed by atoms with Crippen molar-refractivity contribution in [1.82, 2.24) is 0 Å². The van der Waals surface area contributed by atoms with Crippen LogP contribution in [0.2, 0.25) is 0 Å². The molecule has 0 aliphatic heterocycles. The highest BCUT2D eigenvalue weighted by Crippen LogP contribution is 2.31. The number of thiazole rings is 1. The van der Waals surface area contributed by atoms with Crippen LogP contribution in [0.5, 0.6) is 5.75 Å². The highest BCUT2D eigenvalue weighted by atomic mass is 32.1. The van der Waals surface area contributed by atoms with Crippen LogP contribution in [-0.4, -0.2) is 19.7 Å². The fourth-order valence-electron chi connectivity index (χ4n) is 3.11. The van der Waals surface area contributed by atoms with Crippen LogP contribution in [0.4, 0.5) is 16.5 Å². The number of hydrogen-bond donors (Lipinski definition) is 0. The lowest BCUT2D eigenvalue weighted by Crippen LogP contribution is -2.30. The molecule has 0 bridgehead atoms.